The van der Waals surface area contributed by atoms with E-state index in [1.807, 2.05) is 44.3 Å². The zero-order valence-corrected chi connectivity index (χ0v) is 13.9. The van der Waals surface area contributed by atoms with Crippen LogP contribution in [0.25, 0.3) is 0 Å². The van der Waals surface area contributed by atoms with Crippen molar-refractivity contribution >= 4 is 35.5 Å². The second-order valence-electron chi connectivity index (χ2n) is 5.94. The standard InChI is InChI=1S/C13H24N2O3S2/c1-13(2,3)10(6-11(16)17)15-12(18)14-7-9-8-19-4-5-20-9/h9-10H,4-8H2,1-3H3,(H,16,17)(H2,14,15,18). The Morgan fingerprint density at radius 2 is 2.05 bits per heavy atom. The first-order valence-electron chi connectivity index (χ1n) is 6.74. The fraction of sp³-hybridized carbons (Fsp3) is 0.846. The predicted molar refractivity (Wildman–Crippen MR) is 85.6 cm³/mol. The van der Waals surface area contributed by atoms with Crippen LogP contribution < -0.4 is 10.6 Å². The maximum Gasteiger partial charge on any atom is 0.315 e. The first-order valence-corrected chi connectivity index (χ1v) is 8.95. The van der Waals surface area contributed by atoms with E-state index in [1.165, 1.54) is 5.75 Å². The number of carboxylic acids is 1. The van der Waals surface area contributed by atoms with E-state index < -0.39 is 5.97 Å². The van der Waals surface area contributed by atoms with E-state index in [1.54, 1.807) is 0 Å². The lowest BCUT2D eigenvalue weighted by atomic mass is 9.85. The quantitative estimate of drug-likeness (QED) is 0.722. The van der Waals surface area contributed by atoms with Gasteiger partial charge in [-0.25, -0.2) is 4.79 Å². The van der Waals surface area contributed by atoms with E-state index in [-0.39, 0.29) is 23.9 Å². The predicted octanol–water partition coefficient (Wildman–Crippen LogP) is 2.02. The monoisotopic (exact) mass is 320 g/mol. The van der Waals surface area contributed by atoms with Crippen molar-refractivity contribution in [3.8, 4) is 0 Å². The average Bonchev–Trinajstić information content (AvgIpc) is 2.35. The molecule has 3 N–H and O–H groups in total. The van der Waals surface area contributed by atoms with Crippen molar-refractivity contribution in [2.45, 2.75) is 38.5 Å². The van der Waals surface area contributed by atoms with Crippen molar-refractivity contribution in [2.24, 2.45) is 5.41 Å². The molecule has 0 spiro atoms. The summed E-state index contributed by atoms with van der Waals surface area (Å²) in [5.74, 6) is 2.47. The third-order valence-electron chi connectivity index (χ3n) is 3.10. The van der Waals surface area contributed by atoms with E-state index in [2.05, 4.69) is 10.6 Å². The summed E-state index contributed by atoms with van der Waals surface area (Å²) in [6.07, 6.45) is -0.0645. The zero-order chi connectivity index (χ0) is 15.2. The number of nitrogens with one attached hydrogen (secondary N) is 2. The van der Waals surface area contributed by atoms with E-state index >= 15 is 0 Å². The lowest BCUT2D eigenvalue weighted by Crippen LogP contribution is -2.50. The number of aliphatic carboxylic acids is 1. The molecule has 116 valence electrons. The Morgan fingerprint density at radius 1 is 1.35 bits per heavy atom. The van der Waals surface area contributed by atoms with E-state index in [4.69, 9.17) is 5.11 Å². The van der Waals surface area contributed by atoms with Gasteiger partial charge in [0, 0.05) is 35.1 Å². The Hall–Kier alpha value is -0.560. The van der Waals surface area contributed by atoms with Crippen molar-refractivity contribution < 1.29 is 14.7 Å². The van der Waals surface area contributed by atoms with Crippen LogP contribution >= 0.6 is 23.5 Å². The molecule has 2 atom stereocenters. The molecule has 5 nitrogen and oxygen atoms in total. The lowest BCUT2D eigenvalue weighted by Gasteiger charge is -2.30. The molecule has 20 heavy (non-hydrogen) atoms. The van der Waals surface area contributed by atoms with Gasteiger partial charge in [0.25, 0.3) is 0 Å². The lowest BCUT2D eigenvalue weighted by molar-refractivity contribution is -0.138. The Balaban J connectivity index is 2.39. The molecule has 0 aromatic rings. The van der Waals surface area contributed by atoms with Crippen molar-refractivity contribution in [3.63, 3.8) is 0 Å². The van der Waals surface area contributed by atoms with Gasteiger partial charge in [0.05, 0.1) is 6.42 Å². The highest BCUT2D eigenvalue weighted by Crippen LogP contribution is 2.23. The Bertz CT molecular complexity index is 339. The van der Waals surface area contributed by atoms with Crippen LogP contribution in [0.2, 0.25) is 0 Å². The summed E-state index contributed by atoms with van der Waals surface area (Å²) in [7, 11) is 0. The smallest absolute Gasteiger partial charge is 0.315 e. The van der Waals surface area contributed by atoms with Gasteiger partial charge in [0.15, 0.2) is 0 Å². The van der Waals surface area contributed by atoms with Crippen LogP contribution in [0.15, 0.2) is 0 Å². The number of amides is 2. The topological polar surface area (TPSA) is 78.4 Å². The van der Waals surface area contributed by atoms with Crippen molar-refractivity contribution in [2.75, 3.05) is 23.8 Å². The molecule has 7 heteroatoms. The number of hydrogen-bond acceptors (Lipinski definition) is 4. The Morgan fingerprint density at radius 3 is 2.55 bits per heavy atom. The minimum absolute atomic E-state index is 0.0645. The van der Waals surface area contributed by atoms with E-state index in [9.17, 15) is 9.59 Å². The SMILES string of the molecule is CC(C)(C)C(CC(=O)O)NC(=O)NCC1CSCCS1. The summed E-state index contributed by atoms with van der Waals surface area (Å²) in [6, 6.07) is -0.657. The molecular formula is C13H24N2O3S2. The summed E-state index contributed by atoms with van der Waals surface area (Å²) < 4.78 is 0. The first-order chi connectivity index (χ1) is 9.29. The molecule has 1 rings (SSSR count). The molecule has 0 aromatic carbocycles. The number of rotatable bonds is 5. The third-order valence-corrected chi connectivity index (χ3v) is 5.95. The Labute approximate surface area is 129 Å². The molecule has 0 bridgehead atoms. The zero-order valence-electron chi connectivity index (χ0n) is 12.3. The van der Waals surface area contributed by atoms with Crippen LogP contribution in [0.5, 0.6) is 0 Å². The molecule has 1 saturated heterocycles. The van der Waals surface area contributed by atoms with Crippen molar-refractivity contribution in [1.82, 2.24) is 10.6 Å². The maximum absolute atomic E-state index is 11.9. The average molecular weight is 320 g/mol. The Kier molecular flexibility index (Phi) is 7.02. The highest BCUT2D eigenvalue weighted by molar-refractivity contribution is 8.06. The van der Waals surface area contributed by atoms with Gasteiger partial charge in [0.1, 0.15) is 0 Å². The molecule has 1 aliphatic rings. The van der Waals surface area contributed by atoms with Gasteiger partial charge in [-0.2, -0.15) is 23.5 Å². The molecule has 0 aliphatic carbocycles. The van der Waals surface area contributed by atoms with Gasteiger partial charge in [-0.1, -0.05) is 20.8 Å². The number of thioether (sulfide) groups is 2. The van der Waals surface area contributed by atoms with E-state index in [0.717, 1.165) is 11.5 Å². The van der Waals surface area contributed by atoms with E-state index in [0.29, 0.717) is 11.8 Å². The van der Waals surface area contributed by atoms with Crippen LogP contribution in [0.4, 0.5) is 4.79 Å². The molecule has 0 radical (unpaired) electrons. The number of urea groups is 1. The van der Waals surface area contributed by atoms with Gasteiger partial charge in [0.2, 0.25) is 0 Å². The van der Waals surface area contributed by atoms with Gasteiger partial charge < -0.3 is 15.7 Å². The molecular weight excluding hydrogens is 296 g/mol. The summed E-state index contributed by atoms with van der Waals surface area (Å²) in [5, 5.41) is 15.0. The van der Waals surface area contributed by atoms with Crippen molar-refractivity contribution in [1.29, 1.82) is 0 Å². The normalized spacial score (nSPS) is 21.1. The molecule has 0 saturated carbocycles. The van der Waals surface area contributed by atoms with Crippen LogP contribution in [-0.4, -0.2) is 52.2 Å². The highest BCUT2D eigenvalue weighted by Gasteiger charge is 2.28. The fourth-order valence-electron chi connectivity index (χ4n) is 1.82. The largest absolute Gasteiger partial charge is 0.481 e. The summed E-state index contributed by atoms with van der Waals surface area (Å²) >= 11 is 3.79. The third kappa shape index (κ3) is 6.74. The number of carboxylic acid groups (broad SMARTS) is 1. The summed E-state index contributed by atoms with van der Waals surface area (Å²) in [6.45, 7) is 6.41. The first kappa shape index (κ1) is 17.5. The number of hydrogen-bond donors (Lipinski definition) is 3. The van der Waals surface area contributed by atoms with Gasteiger partial charge in [-0.05, 0) is 5.41 Å². The van der Waals surface area contributed by atoms with Crippen LogP contribution in [0, 0.1) is 5.41 Å². The fourth-order valence-corrected chi connectivity index (χ4v) is 4.43. The molecule has 0 aromatic heterocycles. The molecule has 2 amide bonds. The van der Waals surface area contributed by atoms with Crippen LogP contribution in [0.3, 0.4) is 0 Å². The molecule has 2 unspecified atom stereocenters. The highest BCUT2D eigenvalue weighted by atomic mass is 32.2. The molecule has 1 fully saturated rings. The number of carbonyl (C=O) groups excluding carboxylic acids is 1. The maximum atomic E-state index is 11.9. The van der Waals surface area contributed by atoms with Crippen molar-refractivity contribution in [3.05, 3.63) is 0 Å². The summed E-state index contributed by atoms with van der Waals surface area (Å²) in [4.78, 5) is 22.8. The minimum Gasteiger partial charge on any atom is -0.481 e. The molecule has 1 heterocycles. The van der Waals surface area contributed by atoms with Crippen LogP contribution in [0.1, 0.15) is 27.2 Å². The number of carbonyl (C=O) groups is 2. The summed E-state index contributed by atoms with van der Waals surface area (Å²) in [5.41, 5.74) is -0.287. The van der Waals surface area contributed by atoms with Crippen LogP contribution in [-0.2, 0) is 4.79 Å². The van der Waals surface area contributed by atoms with Gasteiger partial charge >= 0.3 is 12.0 Å². The molecule has 1 aliphatic heterocycles. The second kappa shape index (κ2) is 8.02. The van der Waals surface area contributed by atoms with Gasteiger partial charge in [-0.3, -0.25) is 4.79 Å². The van der Waals surface area contributed by atoms with Gasteiger partial charge in [-0.15, -0.1) is 0 Å². The minimum atomic E-state index is -0.899. The second-order valence-corrected chi connectivity index (χ2v) is 8.50.